The fourth-order valence-electron chi connectivity index (χ4n) is 1.85. The summed E-state index contributed by atoms with van der Waals surface area (Å²) in [4.78, 5) is 3.95. The molecule has 0 aliphatic heterocycles. The molecule has 8 heteroatoms. The summed E-state index contributed by atoms with van der Waals surface area (Å²) in [5.41, 5.74) is 1.25. The third-order valence-corrected chi connectivity index (χ3v) is 3.18. The average molecular weight is 313 g/mol. The van der Waals surface area contributed by atoms with Gasteiger partial charge in [0.05, 0.1) is 6.21 Å². The molecule has 0 spiro atoms. The van der Waals surface area contributed by atoms with Crippen LogP contribution in [0.5, 0.6) is 11.5 Å². The van der Waals surface area contributed by atoms with Crippen molar-refractivity contribution in [3.63, 3.8) is 0 Å². The van der Waals surface area contributed by atoms with Crippen LogP contribution in [0, 0.1) is 4.77 Å². The lowest BCUT2D eigenvalue weighted by Crippen LogP contribution is -1.95. The van der Waals surface area contributed by atoms with E-state index in [4.69, 9.17) is 12.2 Å². The molecular weight excluding hydrogens is 302 g/mol. The predicted molar refractivity (Wildman–Crippen MR) is 83.4 cm³/mol. The van der Waals surface area contributed by atoms with Crippen LogP contribution in [-0.4, -0.2) is 36.3 Å². The zero-order valence-electron chi connectivity index (χ0n) is 11.2. The maximum absolute atomic E-state index is 9.76. The smallest absolute Gasteiger partial charge is 0.216 e. The van der Waals surface area contributed by atoms with Crippen molar-refractivity contribution in [1.82, 2.24) is 19.9 Å². The molecular formula is C14H11N5O2S. The minimum atomic E-state index is -0.0794. The lowest BCUT2D eigenvalue weighted by atomic mass is 10.2. The van der Waals surface area contributed by atoms with E-state index in [1.807, 2.05) is 0 Å². The van der Waals surface area contributed by atoms with Gasteiger partial charge in [-0.3, -0.25) is 4.98 Å². The molecule has 0 aliphatic carbocycles. The molecule has 3 N–H and O–H groups in total. The summed E-state index contributed by atoms with van der Waals surface area (Å²) >= 11 is 5.15. The van der Waals surface area contributed by atoms with Gasteiger partial charge in [-0.1, -0.05) is 0 Å². The van der Waals surface area contributed by atoms with E-state index < -0.39 is 0 Å². The number of H-pyrrole nitrogens is 1. The Bertz CT molecular complexity index is 886. The molecule has 0 radical (unpaired) electrons. The Hall–Kier alpha value is -3.00. The number of nitrogens with zero attached hydrogens (tertiary/aromatic N) is 4. The molecule has 0 amide bonds. The number of hydrogen-bond donors (Lipinski definition) is 3. The van der Waals surface area contributed by atoms with Crippen molar-refractivity contribution in [2.75, 3.05) is 0 Å². The van der Waals surface area contributed by atoms with Gasteiger partial charge in [-0.15, -0.1) is 0 Å². The van der Waals surface area contributed by atoms with Crippen LogP contribution in [0.25, 0.3) is 11.4 Å². The van der Waals surface area contributed by atoms with E-state index in [0.29, 0.717) is 16.2 Å². The van der Waals surface area contributed by atoms with E-state index in [9.17, 15) is 10.2 Å². The Balaban J connectivity index is 2.01. The maximum atomic E-state index is 9.76. The van der Waals surface area contributed by atoms with Crippen LogP contribution in [0.15, 0.2) is 47.8 Å². The molecule has 0 unspecified atom stereocenters. The Kier molecular flexibility index (Phi) is 3.67. The van der Waals surface area contributed by atoms with E-state index in [2.05, 4.69) is 20.3 Å². The SMILES string of the molecule is Oc1ccc(C=Nn2c(-c3ccncc3)n[nH]c2=S)c(O)c1. The molecule has 0 saturated carbocycles. The van der Waals surface area contributed by atoms with Gasteiger partial charge in [-0.05, 0) is 36.5 Å². The molecule has 0 bridgehead atoms. The number of hydrogen-bond acceptors (Lipinski definition) is 6. The minimum Gasteiger partial charge on any atom is -0.508 e. The van der Waals surface area contributed by atoms with Crippen molar-refractivity contribution in [3.8, 4) is 22.9 Å². The first-order chi connectivity index (χ1) is 10.6. The Morgan fingerprint density at radius 2 is 1.95 bits per heavy atom. The van der Waals surface area contributed by atoms with Crippen LogP contribution in [0.1, 0.15) is 5.56 Å². The number of phenols is 2. The molecule has 2 heterocycles. The first-order valence-electron chi connectivity index (χ1n) is 6.29. The number of aromatic hydroxyl groups is 2. The summed E-state index contributed by atoms with van der Waals surface area (Å²) < 4.78 is 1.76. The van der Waals surface area contributed by atoms with E-state index in [-0.39, 0.29) is 11.5 Å². The van der Waals surface area contributed by atoms with Crippen molar-refractivity contribution < 1.29 is 10.2 Å². The maximum Gasteiger partial charge on any atom is 0.216 e. The lowest BCUT2D eigenvalue weighted by molar-refractivity contribution is 0.450. The van der Waals surface area contributed by atoms with Gasteiger partial charge in [0, 0.05) is 29.6 Å². The predicted octanol–water partition coefficient (Wildman–Crippen LogP) is 2.30. The topological polar surface area (TPSA) is 99.3 Å². The molecule has 0 atom stereocenters. The Morgan fingerprint density at radius 1 is 1.18 bits per heavy atom. The number of pyridine rings is 1. The van der Waals surface area contributed by atoms with Gasteiger partial charge in [-0.2, -0.15) is 14.9 Å². The van der Waals surface area contributed by atoms with Crippen molar-refractivity contribution >= 4 is 18.4 Å². The van der Waals surface area contributed by atoms with E-state index in [1.54, 1.807) is 30.6 Å². The average Bonchev–Trinajstić information content (AvgIpc) is 2.88. The quantitative estimate of drug-likeness (QED) is 0.509. The first-order valence-corrected chi connectivity index (χ1v) is 6.70. The van der Waals surface area contributed by atoms with Crippen molar-refractivity contribution in [3.05, 3.63) is 53.1 Å². The normalized spacial score (nSPS) is 11.1. The third kappa shape index (κ3) is 2.72. The first kappa shape index (κ1) is 14.0. The number of nitrogens with one attached hydrogen (secondary N) is 1. The molecule has 2 aromatic heterocycles. The summed E-state index contributed by atoms with van der Waals surface area (Å²) in [5, 5.41) is 30.1. The summed E-state index contributed by atoms with van der Waals surface area (Å²) in [7, 11) is 0. The standard InChI is InChI=1S/C14H11N5O2S/c20-11-2-1-10(12(21)7-11)8-16-19-13(17-18-14(19)22)9-3-5-15-6-4-9/h1-8,20-21H,(H,18,22). The second-order valence-electron chi connectivity index (χ2n) is 4.39. The Labute approximate surface area is 130 Å². The second kappa shape index (κ2) is 5.78. The van der Waals surface area contributed by atoms with Crippen molar-refractivity contribution in [2.24, 2.45) is 5.10 Å². The van der Waals surface area contributed by atoms with E-state index in [1.165, 1.54) is 23.0 Å². The van der Waals surface area contributed by atoms with E-state index >= 15 is 0 Å². The fourth-order valence-corrected chi connectivity index (χ4v) is 2.03. The van der Waals surface area contributed by atoms with Crippen LogP contribution in [0.4, 0.5) is 0 Å². The highest BCUT2D eigenvalue weighted by Crippen LogP contribution is 2.21. The van der Waals surface area contributed by atoms with Crippen LogP contribution in [0.3, 0.4) is 0 Å². The van der Waals surface area contributed by atoms with Gasteiger partial charge in [0.15, 0.2) is 5.82 Å². The number of aromatic nitrogens is 4. The highest BCUT2D eigenvalue weighted by atomic mass is 32.1. The van der Waals surface area contributed by atoms with Crippen LogP contribution in [0.2, 0.25) is 0 Å². The van der Waals surface area contributed by atoms with Crippen molar-refractivity contribution in [1.29, 1.82) is 0 Å². The summed E-state index contributed by atoms with van der Waals surface area (Å²) in [6, 6.07) is 7.81. The fraction of sp³-hybridized carbons (Fsp3) is 0. The van der Waals surface area contributed by atoms with Crippen LogP contribution < -0.4 is 0 Å². The summed E-state index contributed by atoms with van der Waals surface area (Å²) in [5.74, 6) is 0.429. The molecule has 0 saturated heterocycles. The lowest BCUT2D eigenvalue weighted by Gasteiger charge is -2.01. The van der Waals surface area contributed by atoms with Gasteiger partial charge in [0.2, 0.25) is 4.77 Å². The second-order valence-corrected chi connectivity index (χ2v) is 4.77. The molecule has 1 aromatic carbocycles. The highest BCUT2D eigenvalue weighted by Gasteiger charge is 2.07. The van der Waals surface area contributed by atoms with Gasteiger partial charge in [0.1, 0.15) is 11.5 Å². The number of aromatic amines is 1. The van der Waals surface area contributed by atoms with Gasteiger partial charge < -0.3 is 10.2 Å². The monoisotopic (exact) mass is 313 g/mol. The van der Waals surface area contributed by atoms with Gasteiger partial charge in [-0.25, -0.2) is 5.10 Å². The molecule has 0 aliphatic rings. The Morgan fingerprint density at radius 3 is 2.68 bits per heavy atom. The van der Waals surface area contributed by atoms with Gasteiger partial charge >= 0.3 is 0 Å². The minimum absolute atomic E-state index is 0.0213. The van der Waals surface area contributed by atoms with Crippen LogP contribution in [-0.2, 0) is 0 Å². The summed E-state index contributed by atoms with van der Waals surface area (Å²) in [6.45, 7) is 0. The molecule has 22 heavy (non-hydrogen) atoms. The zero-order valence-corrected chi connectivity index (χ0v) is 12.0. The van der Waals surface area contributed by atoms with Crippen LogP contribution >= 0.6 is 12.2 Å². The number of phenolic OH excluding ortho intramolecular Hbond substituents is 2. The number of benzene rings is 1. The zero-order chi connectivity index (χ0) is 15.5. The largest absolute Gasteiger partial charge is 0.508 e. The van der Waals surface area contributed by atoms with Crippen molar-refractivity contribution in [2.45, 2.75) is 0 Å². The number of rotatable bonds is 3. The highest BCUT2D eigenvalue weighted by molar-refractivity contribution is 7.71. The molecule has 7 nitrogen and oxygen atoms in total. The third-order valence-electron chi connectivity index (χ3n) is 2.92. The molecule has 3 aromatic rings. The molecule has 3 rings (SSSR count). The summed E-state index contributed by atoms with van der Waals surface area (Å²) in [6.07, 6.45) is 4.73. The molecule has 110 valence electrons. The van der Waals surface area contributed by atoms with Gasteiger partial charge in [0.25, 0.3) is 0 Å². The molecule has 0 fully saturated rings. The van der Waals surface area contributed by atoms with E-state index in [0.717, 1.165) is 5.56 Å².